The summed E-state index contributed by atoms with van der Waals surface area (Å²) in [5.74, 6) is -0.425. The van der Waals surface area contributed by atoms with Crippen molar-refractivity contribution in [3.05, 3.63) is 130 Å². The molecule has 0 aromatic rings. The normalized spacial score (nSPS) is 28.8. The van der Waals surface area contributed by atoms with E-state index in [1.54, 1.807) is 13.8 Å². The van der Waals surface area contributed by atoms with Gasteiger partial charge in [0.05, 0.1) is 17.8 Å². The summed E-state index contributed by atoms with van der Waals surface area (Å²) in [6, 6.07) is 0. The Morgan fingerprint density at radius 2 is 1.09 bits per heavy atom. The molecule has 250 valence electrons. The van der Waals surface area contributed by atoms with Crippen molar-refractivity contribution in [2.24, 2.45) is 10.8 Å². The first-order chi connectivity index (χ1) is 21.2. The zero-order valence-electron chi connectivity index (χ0n) is 29.7. The lowest BCUT2D eigenvalue weighted by atomic mass is 9.62. The standard InChI is InChI=1S/C41H56O5/c1-27(18-14-20-29(3)22-24-33-31(5)26-35(42)41(11,46)40(33,9)10)16-12-13-17-28(2)19-15-21-30(4)23-25-34-32(6)36(43)37(44)38(45)39(34,7)8/h12-25,35,37-38,42,44-46H,26H2,1-11H3/b13-12+,18-14+,19-15+,24-22+,25-23+,27-16+,28-17+,29-20+,30-21+/t35-,37-,38?,41?/m1/s1. The van der Waals surface area contributed by atoms with Crippen LogP contribution in [0, 0.1) is 10.8 Å². The van der Waals surface area contributed by atoms with Crippen LogP contribution in [0.25, 0.3) is 0 Å². The maximum Gasteiger partial charge on any atom is 0.189 e. The average molecular weight is 629 g/mol. The molecular weight excluding hydrogens is 572 g/mol. The van der Waals surface area contributed by atoms with E-state index in [1.165, 1.54) is 0 Å². The Kier molecular flexibility index (Phi) is 13.5. The number of carbonyl (C=O) groups excluding carboxylic acids is 1. The van der Waals surface area contributed by atoms with E-state index >= 15 is 0 Å². The topological polar surface area (TPSA) is 98.0 Å². The zero-order valence-corrected chi connectivity index (χ0v) is 29.7. The molecule has 4 N–H and O–H groups in total. The van der Waals surface area contributed by atoms with Crippen LogP contribution < -0.4 is 0 Å². The molecule has 0 spiro atoms. The molecule has 2 aliphatic carbocycles. The van der Waals surface area contributed by atoms with Gasteiger partial charge in [-0.1, -0.05) is 141 Å². The first-order valence-electron chi connectivity index (χ1n) is 16.1. The number of aliphatic hydroxyl groups excluding tert-OH is 3. The molecule has 0 saturated carbocycles. The fourth-order valence-electron chi connectivity index (χ4n) is 5.82. The SMILES string of the molecule is CC1=C(/C=C/C(C)=C/C=C/C(C)=C/C=C/C=C(C)/C=C/C=C(C)/C=C/C2=C(C)C(=O)[C@@H](O)C(O)C2(C)C)C(C)(C)C(C)(O)[C@H](O)C1. The highest BCUT2D eigenvalue weighted by molar-refractivity contribution is 6.01. The number of rotatable bonds is 10. The number of hydrogen-bond donors (Lipinski definition) is 4. The highest BCUT2D eigenvalue weighted by Gasteiger charge is 2.50. The number of allylic oxidation sites excluding steroid dienone is 18. The Bertz CT molecular complexity index is 1490. The van der Waals surface area contributed by atoms with Crippen LogP contribution in [-0.2, 0) is 4.79 Å². The molecule has 0 heterocycles. The molecule has 0 aromatic heterocycles. The van der Waals surface area contributed by atoms with E-state index in [0.717, 1.165) is 39.0 Å². The Labute approximate surface area is 277 Å². The molecule has 5 heteroatoms. The highest BCUT2D eigenvalue weighted by Crippen LogP contribution is 2.48. The molecule has 0 aromatic carbocycles. The second-order valence-corrected chi connectivity index (χ2v) is 14.1. The van der Waals surface area contributed by atoms with E-state index in [1.807, 2.05) is 123 Å². The predicted octanol–water partition coefficient (Wildman–Crippen LogP) is 8.06. The lowest BCUT2D eigenvalue weighted by Crippen LogP contribution is -2.54. The molecule has 2 unspecified atom stereocenters. The first kappa shape index (κ1) is 38.8. The van der Waals surface area contributed by atoms with E-state index < -0.39 is 40.5 Å². The van der Waals surface area contributed by atoms with E-state index in [0.29, 0.717) is 12.0 Å². The summed E-state index contributed by atoms with van der Waals surface area (Å²) in [7, 11) is 0. The first-order valence-corrected chi connectivity index (χ1v) is 16.1. The summed E-state index contributed by atoms with van der Waals surface area (Å²) in [5, 5.41) is 41.7. The lowest BCUT2D eigenvalue weighted by Gasteiger charge is -2.48. The van der Waals surface area contributed by atoms with E-state index in [2.05, 4.69) is 24.3 Å². The van der Waals surface area contributed by atoms with Crippen LogP contribution in [0.2, 0.25) is 0 Å². The molecule has 0 radical (unpaired) electrons. The highest BCUT2D eigenvalue weighted by atomic mass is 16.3. The van der Waals surface area contributed by atoms with Crippen molar-refractivity contribution in [1.82, 2.24) is 0 Å². The van der Waals surface area contributed by atoms with Crippen molar-refractivity contribution in [3.8, 4) is 0 Å². The van der Waals surface area contributed by atoms with Crippen LogP contribution in [0.4, 0.5) is 0 Å². The zero-order chi connectivity index (χ0) is 35.0. The van der Waals surface area contributed by atoms with Crippen LogP contribution in [0.5, 0.6) is 0 Å². The smallest absolute Gasteiger partial charge is 0.189 e. The molecule has 0 aliphatic heterocycles. The van der Waals surface area contributed by atoms with Gasteiger partial charge in [-0.15, -0.1) is 0 Å². The van der Waals surface area contributed by atoms with Gasteiger partial charge in [0, 0.05) is 10.8 Å². The molecule has 5 nitrogen and oxygen atoms in total. The van der Waals surface area contributed by atoms with Gasteiger partial charge in [0.25, 0.3) is 0 Å². The third kappa shape index (κ3) is 9.36. The average Bonchev–Trinajstić information content (AvgIpc) is 2.96. The minimum atomic E-state index is -1.38. The summed E-state index contributed by atoms with van der Waals surface area (Å²) in [6.07, 6.45) is 25.3. The molecule has 0 bridgehead atoms. The number of aliphatic hydroxyl groups is 4. The van der Waals surface area contributed by atoms with Gasteiger partial charge < -0.3 is 20.4 Å². The third-order valence-corrected chi connectivity index (χ3v) is 9.61. The number of Topliss-reactive ketones (excluding diaryl/α,β-unsaturated/α-hetero) is 1. The second-order valence-electron chi connectivity index (χ2n) is 14.1. The predicted molar refractivity (Wildman–Crippen MR) is 192 cm³/mol. The van der Waals surface area contributed by atoms with Gasteiger partial charge >= 0.3 is 0 Å². The van der Waals surface area contributed by atoms with Crippen molar-refractivity contribution in [2.75, 3.05) is 0 Å². The van der Waals surface area contributed by atoms with Gasteiger partial charge in [-0.3, -0.25) is 4.79 Å². The molecule has 2 rings (SSSR count). The second kappa shape index (κ2) is 16.0. The van der Waals surface area contributed by atoms with E-state index in [9.17, 15) is 25.2 Å². The van der Waals surface area contributed by atoms with Crippen LogP contribution >= 0.6 is 0 Å². The summed E-state index contributed by atoms with van der Waals surface area (Å²) in [5.41, 5.74) is 5.19. The Morgan fingerprint density at radius 1 is 0.674 bits per heavy atom. The van der Waals surface area contributed by atoms with Crippen molar-refractivity contribution >= 4 is 5.78 Å². The van der Waals surface area contributed by atoms with Crippen LogP contribution in [0.1, 0.15) is 82.6 Å². The fourth-order valence-corrected chi connectivity index (χ4v) is 5.82. The number of carbonyl (C=O) groups is 1. The molecule has 2 aliphatic rings. The van der Waals surface area contributed by atoms with E-state index in [-0.39, 0.29) is 0 Å². The quantitative estimate of drug-likeness (QED) is 0.184. The fraction of sp³-hybridized carbons (Fsp3) is 0.439. The molecule has 0 amide bonds. The molecule has 46 heavy (non-hydrogen) atoms. The third-order valence-electron chi connectivity index (χ3n) is 9.61. The van der Waals surface area contributed by atoms with Gasteiger partial charge in [-0.05, 0) is 71.6 Å². The maximum absolute atomic E-state index is 12.3. The number of ketones is 1. The molecule has 0 saturated heterocycles. The van der Waals surface area contributed by atoms with Crippen molar-refractivity contribution in [2.45, 2.75) is 106 Å². The molecular formula is C41H56O5. The Balaban J connectivity index is 1.98. The van der Waals surface area contributed by atoms with Gasteiger partial charge in [0.15, 0.2) is 5.78 Å². The van der Waals surface area contributed by atoms with Gasteiger partial charge in [0.1, 0.15) is 6.10 Å². The van der Waals surface area contributed by atoms with Crippen molar-refractivity contribution in [1.29, 1.82) is 0 Å². The van der Waals surface area contributed by atoms with E-state index in [4.69, 9.17) is 0 Å². The van der Waals surface area contributed by atoms with Crippen LogP contribution in [-0.4, -0.2) is 50.1 Å². The van der Waals surface area contributed by atoms with Crippen LogP contribution in [0.15, 0.2) is 130 Å². The minimum Gasteiger partial charge on any atom is -0.390 e. The summed E-state index contributed by atoms with van der Waals surface area (Å²) >= 11 is 0. The molecule has 0 fully saturated rings. The summed E-state index contributed by atoms with van der Waals surface area (Å²) in [4.78, 5) is 12.3. The molecule has 4 atom stereocenters. The van der Waals surface area contributed by atoms with Crippen molar-refractivity contribution < 1.29 is 25.2 Å². The van der Waals surface area contributed by atoms with Crippen molar-refractivity contribution in [3.63, 3.8) is 0 Å². The number of hydrogen-bond acceptors (Lipinski definition) is 5. The summed E-state index contributed by atoms with van der Waals surface area (Å²) in [6.45, 7) is 21.2. The van der Waals surface area contributed by atoms with Crippen LogP contribution in [0.3, 0.4) is 0 Å². The Hall–Kier alpha value is -3.35. The minimum absolute atomic E-state index is 0.425. The monoisotopic (exact) mass is 628 g/mol. The van der Waals surface area contributed by atoms with Gasteiger partial charge in [-0.2, -0.15) is 0 Å². The van der Waals surface area contributed by atoms with Gasteiger partial charge in [0.2, 0.25) is 0 Å². The summed E-state index contributed by atoms with van der Waals surface area (Å²) < 4.78 is 0. The largest absolute Gasteiger partial charge is 0.390 e. The van der Waals surface area contributed by atoms with Gasteiger partial charge in [-0.25, -0.2) is 0 Å². The maximum atomic E-state index is 12.3. The Morgan fingerprint density at radius 3 is 1.57 bits per heavy atom. The lowest BCUT2D eigenvalue weighted by molar-refractivity contribution is -0.135.